The highest BCUT2D eigenvalue weighted by Crippen LogP contribution is 2.34. The maximum Gasteiger partial charge on any atom is 0.336 e. The zero-order valence-corrected chi connectivity index (χ0v) is 16.9. The minimum Gasteiger partial charge on any atom is -0.423 e. The van der Waals surface area contributed by atoms with Crippen LogP contribution >= 0.6 is 0 Å². The van der Waals surface area contributed by atoms with Crippen LogP contribution in [0.3, 0.4) is 0 Å². The Morgan fingerprint density at radius 1 is 1.03 bits per heavy atom. The largest absolute Gasteiger partial charge is 0.423 e. The van der Waals surface area contributed by atoms with Crippen LogP contribution in [0.2, 0.25) is 0 Å². The fraction of sp³-hybridized carbons (Fsp3) is 0.261. The molecule has 0 saturated carbocycles. The summed E-state index contributed by atoms with van der Waals surface area (Å²) >= 11 is 0. The number of hydrogen-bond acceptors (Lipinski definition) is 4. The highest BCUT2D eigenvalue weighted by Gasteiger charge is 2.51. The number of amides is 3. The van der Waals surface area contributed by atoms with E-state index in [4.69, 9.17) is 4.42 Å². The van der Waals surface area contributed by atoms with Crippen molar-refractivity contribution in [1.82, 2.24) is 10.2 Å². The Bertz CT molecular complexity index is 1230. The molecule has 2 heterocycles. The molecule has 0 radical (unpaired) electrons. The van der Waals surface area contributed by atoms with E-state index in [0.29, 0.717) is 28.5 Å². The predicted molar refractivity (Wildman–Crippen MR) is 109 cm³/mol. The third-order valence-corrected chi connectivity index (χ3v) is 5.82. The lowest BCUT2D eigenvalue weighted by Gasteiger charge is -2.26. The molecule has 0 aliphatic carbocycles. The van der Waals surface area contributed by atoms with E-state index in [1.807, 2.05) is 19.9 Å². The van der Waals surface area contributed by atoms with E-state index < -0.39 is 28.9 Å². The van der Waals surface area contributed by atoms with Gasteiger partial charge < -0.3 is 9.73 Å². The number of aryl methyl sites for hydroxylation is 2. The molecular formula is C23H21FN2O4. The zero-order chi connectivity index (χ0) is 21.6. The number of rotatable bonds is 4. The van der Waals surface area contributed by atoms with Gasteiger partial charge in [-0.3, -0.25) is 9.69 Å². The number of imide groups is 1. The Balaban J connectivity index is 1.76. The number of nitrogens with one attached hydrogen (secondary N) is 1. The molecule has 1 aromatic heterocycles. The van der Waals surface area contributed by atoms with Gasteiger partial charge in [0.05, 0.1) is 6.54 Å². The van der Waals surface area contributed by atoms with Gasteiger partial charge in [0.2, 0.25) is 0 Å². The van der Waals surface area contributed by atoms with Gasteiger partial charge in [-0.2, -0.15) is 0 Å². The molecule has 7 heteroatoms. The van der Waals surface area contributed by atoms with Gasteiger partial charge in [-0.1, -0.05) is 19.1 Å². The number of nitrogens with zero attached hydrogens (tertiary/aromatic N) is 1. The van der Waals surface area contributed by atoms with Gasteiger partial charge in [-0.15, -0.1) is 0 Å². The number of carbonyl (C=O) groups is 2. The predicted octanol–water partition coefficient (Wildman–Crippen LogP) is 3.91. The van der Waals surface area contributed by atoms with Crippen LogP contribution in [-0.4, -0.2) is 16.8 Å². The number of hydrogen-bond donors (Lipinski definition) is 1. The average molecular weight is 408 g/mol. The van der Waals surface area contributed by atoms with E-state index in [1.54, 1.807) is 13.0 Å². The van der Waals surface area contributed by atoms with Crippen molar-refractivity contribution in [3.8, 4) is 0 Å². The maximum absolute atomic E-state index is 13.4. The lowest BCUT2D eigenvalue weighted by Crippen LogP contribution is -2.43. The van der Waals surface area contributed by atoms with Gasteiger partial charge >= 0.3 is 11.7 Å². The van der Waals surface area contributed by atoms with Crippen LogP contribution in [-0.2, 0) is 16.9 Å². The highest BCUT2D eigenvalue weighted by molar-refractivity contribution is 6.07. The second kappa shape index (κ2) is 7.09. The molecule has 1 saturated heterocycles. The quantitative estimate of drug-likeness (QED) is 0.524. The molecule has 2 aromatic carbocycles. The van der Waals surface area contributed by atoms with Crippen molar-refractivity contribution in [2.45, 2.75) is 39.3 Å². The van der Waals surface area contributed by atoms with Gasteiger partial charge in [0, 0.05) is 11.5 Å². The number of carbonyl (C=O) groups excluding carboxylic acids is 2. The fourth-order valence-electron chi connectivity index (χ4n) is 3.93. The molecule has 0 unspecified atom stereocenters. The molecule has 1 aliphatic heterocycles. The molecule has 3 amide bonds. The first kappa shape index (κ1) is 19.8. The first-order valence-electron chi connectivity index (χ1n) is 9.69. The van der Waals surface area contributed by atoms with Gasteiger partial charge in [-0.25, -0.2) is 14.0 Å². The van der Waals surface area contributed by atoms with Gasteiger partial charge in [0.25, 0.3) is 5.91 Å². The first-order chi connectivity index (χ1) is 14.2. The van der Waals surface area contributed by atoms with Gasteiger partial charge in [0.1, 0.15) is 16.9 Å². The Morgan fingerprint density at radius 3 is 2.37 bits per heavy atom. The van der Waals surface area contributed by atoms with Gasteiger partial charge in [-0.05, 0) is 66.8 Å². The molecule has 1 N–H and O–H groups in total. The zero-order valence-electron chi connectivity index (χ0n) is 16.9. The Morgan fingerprint density at radius 2 is 1.70 bits per heavy atom. The van der Waals surface area contributed by atoms with Crippen molar-refractivity contribution in [2.75, 3.05) is 0 Å². The van der Waals surface area contributed by atoms with Crippen LogP contribution in [0.1, 0.15) is 35.6 Å². The van der Waals surface area contributed by atoms with E-state index in [2.05, 4.69) is 5.32 Å². The monoisotopic (exact) mass is 408 g/mol. The Kier molecular flexibility index (Phi) is 4.68. The van der Waals surface area contributed by atoms with Crippen molar-refractivity contribution in [3.63, 3.8) is 0 Å². The summed E-state index contributed by atoms with van der Waals surface area (Å²) in [6, 6.07) is 9.92. The Labute approximate surface area is 172 Å². The highest BCUT2D eigenvalue weighted by atomic mass is 19.1. The fourth-order valence-corrected chi connectivity index (χ4v) is 3.93. The van der Waals surface area contributed by atoms with Crippen LogP contribution in [0.5, 0.6) is 0 Å². The van der Waals surface area contributed by atoms with E-state index in [0.717, 1.165) is 16.0 Å². The molecule has 4 rings (SSSR count). The summed E-state index contributed by atoms with van der Waals surface area (Å²) in [6.45, 7) is 5.56. The van der Waals surface area contributed by atoms with Crippen molar-refractivity contribution >= 4 is 22.9 Å². The molecule has 6 nitrogen and oxygen atoms in total. The molecule has 1 atom stereocenters. The van der Waals surface area contributed by atoms with Crippen molar-refractivity contribution in [3.05, 3.63) is 81.0 Å². The van der Waals surface area contributed by atoms with E-state index in [9.17, 15) is 18.8 Å². The first-order valence-corrected chi connectivity index (χ1v) is 9.69. The SMILES string of the molecule is CC[C@@]1(c2ccc(F)cc2)NC(=O)N(Cc2cc(=O)oc3cc(C)c(C)cc23)C1=O. The lowest BCUT2D eigenvalue weighted by molar-refractivity contribution is -0.132. The summed E-state index contributed by atoms with van der Waals surface area (Å²) in [6.07, 6.45) is 0.301. The molecule has 1 fully saturated rings. The van der Waals surface area contributed by atoms with E-state index >= 15 is 0 Å². The van der Waals surface area contributed by atoms with E-state index in [-0.39, 0.29) is 6.54 Å². The minimum absolute atomic E-state index is 0.0712. The third-order valence-electron chi connectivity index (χ3n) is 5.82. The molecule has 154 valence electrons. The molecule has 0 spiro atoms. The number of benzene rings is 2. The van der Waals surface area contributed by atoms with E-state index in [1.165, 1.54) is 30.3 Å². The molecule has 0 bridgehead atoms. The van der Waals surface area contributed by atoms with Crippen molar-refractivity contribution < 1.29 is 18.4 Å². The molecule has 30 heavy (non-hydrogen) atoms. The lowest BCUT2D eigenvalue weighted by atomic mass is 9.87. The van der Waals surface area contributed by atoms with Crippen molar-refractivity contribution in [2.24, 2.45) is 0 Å². The summed E-state index contributed by atoms with van der Waals surface area (Å²) in [5.74, 6) is -0.862. The standard InChI is InChI=1S/C23H21FN2O4/c1-4-23(16-5-7-17(24)8-6-16)21(28)26(22(29)25-23)12-15-11-20(27)30-19-10-14(3)13(2)9-18(15)19/h5-11H,4,12H2,1-3H3,(H,25,29)/t23-/m0/s1. The van der Waals surface area contributed by atoms with Crippen molar-refractivity contribution in [1.29, 1.82) is 0 Å². The van der Waals surface area contributed by atoms with Crippen LogP contribution < -0.4 is 10.9 Å². The maximum atomic E-state index is 13.4. The summed E-state index contributed by atoms with van der Waals surface area (Å²) < 4.78 is 18.7. The summed E-state index contributed by atoms with van der Waals surface area (Å²) in [4.78, 5) is 39.3. The molecule has 3 aromatic rings. The summed E-state index contributed by atoms with van der Waals surface area (Å²) in [7, 11) is 0. The second-order valence-corrected chi connectivity index (χ2v) is 7.61. The normalized spacial score (nSPS) is 18.9. The third kappa shape index (κ3) is 3.07. The van der Waals surface area contributed by atoms with Crippen LogP contribution in [0, 0.1) is 19.7 Å². The number of halogens is 1. The number of fused-ring (bicyclic) bond motifs is 1. The number of urea groups is 1. The summed E-state index contributed by atoms with van der Waals surface area (Å²) in [5, 5.41) is 3.44. The Hall–Kier alpha value is -3.48. The topological polar surface area (TPSA) is 79.6 Å². The van der Waals surface area contributed by atoms with Gasteiger partial charge in [0.15, 0.2) is 0 Å². The minimum atomic E-state index is -1.27. The summed E-state index contributed by atoms with van der Waals surface area (Å²) in [5.41, 5.74) is 1.60. The smallest absolute Gasteiger partial charge is 0.336 e. The van der Waals surface area contributed by atoms with Crippen LogP contribution in [0.4, 0.5) is 9.18 Å². The molecular weight excluding hydrogens is 387 g/mol. The molecule has 1 aliphatic rings. The average Bonchev–Trinajstić information content (AvgIpc) is 2.95. The van der Waals surface area contributed by atoms with Crippen LogP contribution in [0.25, 0.3) is 11.0 Å². The second-order valence-electron chi connectivity index (χ2n) is 7.61. The van der Waals surface area contributed by atoms with Crippen LogP contribution in [0.15, 0.2) is 51.7 Å².